The van der Waals surface area contributed by atoms with Gasteiger partial charge in [-0.15, -0.1) is 0 Å². The van der Waals surface area contributed by atoms with E-state index in [4.69, 9.17) is 5.11 Å². The first kappa shape index (κ1) is 11.6. The average molecular weight is 228 g/mol. The number of hydrogen-bond donors (Lipinski definition) is 1. The van der Waals surface area contributed by atoms with E-state index in [9.17, 15) is 4.39 Å². The van der Waals surface area contributed by atoms with Crippen LogP contribution in [0.2, 0.25) is 0 Å². The summed E-state index contributed by atoms with van der Waals surface area (Å²) in [6, 6.07) is 14.3. The number of halogens is 1. The summed E-state index contributed by atoms with van der Waals surface area (Å²) in [5.41, 5.74) is 3.07. The molecular weight excluding hydrogens is 215 g/mol. The van der Waals surface area contributed by atoms with Crippen LogP contribution in [-0.4, -0.2) is 11.7 Å². The van der Waals surface area contributed by atoms with E-state index in [2.05, 4.69) is 0 Å². The molecule has 86 valence electrons. The van der Waals surface area contributed by atoms with Crippen LogP contribution in [0.3, 0.4) is 0 Å². The minimum absolute atomic E-state index is 0.0414. The van der Waals surface area contributed by atoms with Crippen LogP contribution in [0.15, 0.2) is 54.6 Å². The SMILES string of the molecule is OC/C=C/c1ccc(-c2ccc(F)cc2)cc1. The molecule has 0 aliphatic heterocycles. The Kier molecular flexibility index (Phi) is 3.68. The van der Waals surface area contributed by atoms with Gasteiger partial charge >= 0.3 is 0 Å². The third kappa shape index (κ3) is 3.02. The molecule has 2 aromatic rings. The summed E-state index contributed by atoms with van der Waals surface area (Å²) < 4.78 is 12.8. The fraction of sp³-hybridized carbons (Fsp3) is 0.0667. The van der Waals surface area contributed by atoms with Crippen molar-refractivity contribution in [1.82, 2.24) is 0 Å². The zero-order chi connectivity index (χ0) is 12.1. The van der Waals surface area contributed by atoms with Crippen molar-refractivity contribution in [1.29, 1.82) is 0 Å². The van der Waals surface area contributed by atoms with Crippen LogP contribution in [-0.2, 0) is 0 Å². The minimum atomic E-state index is -0.226. The lowest BCUT2D eigenvalue weighted by molar-refractivity contribution is 0.343. The average Bonchev–Trinajstić information content (AvgIpc) is 2.38. The van der Waals surface area contributed by atoms with Gasteiger partial charge in [0.05, 0.1) is 6.61 Å². The molecular formula is C15H13FO. The number of hydrogen-bond acceptors (Lipinski definition) is 1. The number of aliphatic hydroxyl groups excluding tert-OH is 1. The van der Waals surface area contributed by atoms with Gasteiger partial charge in [-0.2, -0.15) is 0 Å². The summed E-state index contributed by atoms with van der Waals surface area (Å²) >= 11 is 0. The molecule has 0 atom stereocenters. The largest absolute Gasteiger partial charge is 0.392 e. The smallest absolute Gasteiger partial charge is 0.123 e. The van der Waals surface area contributed by atoms with Crippen LogP contribution >= 0.6 is 0 Å². The first-order valence-corrected chi connectivity index (χ1v) is 5.43. The lowest BCUT2D eigenvalue weighted by atomic mass is 10.0. The molecule has 0 saturated heterocycles. The first-order chi connectivity index (χ1) is 8.29. The molecule has 1 N–H and O–H groups in total. The predicted molar refractivity (Wildman–Crippen MR) is 68.0 cm³/mol. The molecule has 0 aromatic heterocycles. The van der Waals surface area contributed by atoms with Gasteiger partial charge in [0.2, 0.25) is 0 Å². The molecule has 17 heavy (non-hydrogen) atoms. The monoisotopic (exact) mass is 228 g/mol. The molecule has 2 rings (SSSR count). The maximum absolute atomic E-state index is 12.8. The van der Waals surface area contributed by atoms with E-state index in [0.717, 1.165) is 16.7 Å². The summed E-state index contributed by atoms with van der Waals surface area (Å²) in [4.78, 5) is 0. The van der Waals surface area contributed by atoms with Crippen LogP contribution in [0.4, 0.5) is 4.39 Å². The van der Waals surface area contributed by atoms with Crippen molar-refractivity contribution in [2.75, 3.05) is 6.61 Å². The molecule has 0 unspecified atom stereocenters. The fourth-order valence-corrected chi connectivity index (χ4v) is 1.62. The van der Waals surface area contributed by atoms with E-state index < -0.39 is 0 Å². The minimum Gasteiger partial charge on any atom is -0.392 e. The van der Waals surface area contributed by atoms with Crippen LogP contribution in [0.25, 0.3) is 17.2 Å². The Hall–Kier alpha value is -1.93. The molecule has 0 amide bonds. The second-order valence-corrected chi connectivity index (χ2v) is 3.71. The lowest BCUT2D eigenvalue weighted by Crippen LogP contribution is -1.80. The molecule has 0 aliphatic rings. The van der Waals surface area contributed by atoms with Gasteiger partial charge in [0, 0.05) is 0 Å². The topological polar surface area (TPSA) is 20.2 Å². The first-order valence-electron chi connectivity index (χ1n) is 5.43. The van der Waals surface area contributed by atoms with Gasteiger partial charge in [0.25, 0.3) is 0 Å². The molecule has 2 heteroatoms. The number of rotatable bonds is 3. The Labute approximate surface area is 99.9 Å². The zero-order valence-corrected chi connectivity index (χ0v) is 9.31. The highest BCUT2D eigenvalue weighted by molar-refractivity contribution is 5.65. The van der Waals surface area contributed by atoms with E-state index in [-0.39, 0.29) is 12.4 Å². The van der Waals surface area contributed by atoms with Crippen molar-refractivity contribution in [2.24, 2.45) is 0 Å². The second kappa shape index (κ2) is 5.41. The summed E-state index contributed by atoms with van der Waals surface area (Å²) in [6.45, 7) is 0.0414. The molecule has 0 bridgehead atoms. The highest BCUT2D eigenvalue weighted by Gasteiger charge is 1.97. The zero-order valence-electron chi connectivity index (χ0n) is 9.31. The number of benzene rings is 2. The van der Waals surface area contributed by atoms with Gasteiger partial charge in [-0.25, -0.2) is 4.39 Å². The quantitative estimate of drug-likeness (QED) is 0.852. The summed E-state index contributed by atoms with van der Waals surface area (Å²) in [5, 5.41) is 8.66. The fourth-order valence-electron chi connectivity index (χ4n) is 1.62. The molecule has 0 radical (unpaired) electrons. The molecule has 2 aromatic carbocycles. The van der Waals surface area contributed by atoms with Gasteiger partial charge in [-0.1, -0.05) is 48.6 Å². The Morgan fingerprint density at radius 2 is 1.41 bits per heavy atom. The van der Waals surface area contributed by atoms with Crippen molar-refractivity contribution in [3.63, 3.8) is 0 Å². The van der Waals surface area contributed by atoms with E-state index >= 15 is 0 Å². The normalized spacial score (nSPS) is 10.9. The van der Waals surface area contributed by atoms with Gasteiger partial charge in [0.15, 0.2) is 0 Å². The van der Waals surface area contributed by atoms with Gasteiger partial charge in [-0.3, -0.25) is 0 Å². The van der Waals surface area contributed by atoms with Crippen molar-refractivity contribution < 1.29 is 9.50 Å². The van der Waals surface area contributed by atoms with Crippen molar-refractivity contribution in [3.05, 3.63) is 66.0 Å². The van der Waals surface area contributed by atoms with Crippen LogP contribution in [0, 0.1) is 5.82 Å². The molecule has 0 fully saturated rings. The van der Waals surface area contributed by atoms with Crippen molar-refractivity contribution in [3.8, 4) is 11.1 Å². The summed E-state index contributed by atoms with van der Waals surface area (Å²) in [7, 11) is 0. The Balaban J connectivity index is 2.23. The van der Waals surface area contributed by atoms with Gasteiger partial charge in [-0.05, 0) is 28.8 Å². The second-order valence-electron chi connectivity index (χ2n) is 3.71. The van der Waals surface area contributed by atoms with Gasteiger partial charge in [0.1, 0.15) is 5.82 Å². The summed E-state index contributed by atoms with van der Waals surface area (Å²) in [6.07, 6.45) is 3.54. The maximum atomic E-state index is 12.8. The third-order valence-corrected chi connectivity index (χ3v) is 2.50. The van der Waals surface area contributed by atoms with Crippen LogP contribution < -0.4 is 0 Å². The van der Waals surface area contributed by atoms with Gasteiger partial charge < -0.3 is 5.11 Å². The summed E-state index contributed by atoms with van der Waals surface area (Å²) in [5.74, 6) is -0.226. The van der Waals surface area contributed by atoms with Crippen LogP contribution in [0.1, 0.15) is 5.56 Å². The Bertz CT molecular complexity index is 497. The lowest BCUT2D eigenvalue weighted by Gasteiger charge is -2.02. The molecule has 0 heterocycles. The van der Waals surface area contributed by atoms with Crippen LogP contribution in [0.5, 0.6) is 0 Å². The number of aliphatic hydroxyl groups is 1. The van der Waals surface area contributed by atoms with E-state index in [1.54, 1.807) is 18.2 Å². The predicted octanol–water partition coefficient (Wildman–Crippen LogP) is 3.50. The molecule has 1 nitrogen and oxygen atoms in total. The highest BCUT2D eigenvalue weighted by atomic mass is 19.1. The van der Waals surface area contributed by atoms with Crippen molar-refractivity contribution in [2.45, 2.75) is 0 Å². The van der Waals surface area contributed by atoms with E-state index in [1.165, 1.54) is 12.1 Å². The maximum Gasteiger partial charge on any atom is 0.123 e. The highest BCUT2D eigenvalue weighted by Crippen LogP contribution is 2.20. The standard InChI is InChI=1S/C15H13FO/c16-15-9-7-14(8-10-15)13-5-3-12(4-6-13)2-1-11-17/h1-10,17H,11H2/b2-1+. The van der Waals surface area contributed by atoms with Crippen molar-refractivity contribution >= 4 is 6.08 Å². The van der Waals surface area contributed by atoms with E-state index in [1.807, 2.05) is 30.3 Å². The third-order valence-electron chi connectivity index (χ3n) is 2.50. The van der Waals surface area contributed by atoms with E-state index in [0.29, 0.717) is 0 Å². The molecule has 0 aliphatic carbocycles. The molecule has 0 spiro atoms. The molecule has 0 saturated carbocycles. The Morgan fingerprint density at radius 1 is 0.882 bits per heavy atom. The Morgan fingerprint density at radius 3 is 1.94 bits per heavy atom.